The fourth-order valence-corrected chi connectivity index (χ4v) is 3.22. The number of carbonyl (C=O) groups is 1. The lowest BCUT2D eigenvalue weighted by atomic mass is 10.0. The third kappa shape index (κ3) is 4.87. The number of aliphatic hydroxyl groups is 1. The molecule has 116 valence electrons. The molecule has 4 heteroatoms. The molecule has 0 radical (unpaired) electrons. The van der Waals surface area contributed by atoms with Crippen molar-refractivity contribution in [3.8, 4) is 11.8 Å². The molecule has 0 bridgehead atoms. The summed E-state index contributed by atoms with van der Waals surface area (Å²) in [5, 5.41) is 8.77. The monoisotopic (exact) mass is 307 g/mol. The molecule has 0 fully saturated rings. The smallest absolute Gasteiger partial charge is 0.263 e. The number of aliphatic hydroxyl groups excluding tert-OH is 1. The number of amides is 1. The van der Waals surface area contributed by atoms with E-state index < -0.39 is 0 Å². The molecule has 0 saturated heterocycles. The molecule has 1 N–H and O–H groups in total. The first kappa shape index (κ1) is 17.7. The largest absolute Gasteiger partial charge is 0.384 e. The molecule has 0 atom stereocenters. The van der Waals surface area contributed by atoms with Gasteiger partial charge in [-0.25, -0.2) is 0 Å². The van der Waals surface area contributed by atoms with Gasteiger partial charge in [0.25, 0.3) is 5.91 Å². The molecule has 1 rings (SSSR count). The zero-order valence-electron chi connectivity index (χ0n) is 13.4. The summed E-state index contributed by atoms with van der Waals surface area (Å²) in [7, 11) is 0. The number of aryl methyl sites for hydroxylation is 1. The number of hydrogen-bond acceptors (Lipinski definition) is 3. The summed E-state index contributed by atoms with van der Waals surface area (Å²) in [5.74, 6) is 6.20. The minimum Gasteiger partial charge on any atom is -0.384 e. The normalized spacial score (nSPS) is 10.4. The Kier molecular flexibility index (Phi) is 7.49. The van der Waals surface area contributed by atoms with Crippen LogP contribution >= 0.6 is 11.3 Å². The van der Waals surface area contributed by atoms with Crippen LogP contribution in [0.25, 0.3) is 0 Å². The Labute approximate surface area is 132 Å². The Bertz CT molecular complexity index is 521. The van der Waals surface area contributed by atoms with Crippen LogP contribution in [0.3, 0.4) is 0 Å². The number of nitrogens with zero attached hydrogens (tertiary/aromatic N) is 1. The van der Waals surface area contributed by atoms with Gasteiger partial charge in [-0.05, 0) is 31.4 Å². The first-order chi connectivity index (χ1) is 10.1. The van der Waals surface area contributed by atoms with E-state index in [2.05, 4.69) is 25.7 Å². The molecule has 0 unspecified atom stereocenters. The summed E-state index contributed by atoms with van der Waals surface area (Å²) in [5.41, 5.74) is 1.00. The summed E-state index contributed by atoms with van der Waals surface area (Å²) in [6, 6.07) is 1.91. The second kappa shape index (κ2) is 8.86. The Morgan fingerprint density at radius 3 is 2.57 bits per heavy atom. The lowest BCUT2D eigenvalue weighted by Gasteiger charge is -2.25. The van der Waals surface area contributed by atoms with Crippen molar-refractivity contribution in [3.63, 3.8) is 0 Å². The molecule has 21 heavy (non-hydrogen) atoms. The maximum absolute atomic E-state index is 12.6. The topological polar surface area (TPSA) is 40.5 Å². The van der Waals surface area contributed by atoms with Crippen LogP contribution in [0.4, 0.5) is 0 Å². The van der Waals surface area contributed by atoms with Crippen molar-refractivity contribution >= 4 is 17.2 Å². The molecule has 1 amide bonds. The van der Waals surface area contributed by atoms with Crippen molar-refractivity contribution in [1.82, 2.24) is 4.90 Å². The van der Waals surface area contributed by atoms with Crippen molar-refractivity contribution in [1.29, 1.82) is 0 Å². The van der Waals surface area contributed by atoms with E-state index in [-0.39, 0.29) is 12.5 Å². The first-order valence-corrected chi connectivity index (χ1v) is 8.38. The molecule has 0 aliphatic heterocycles. The maximum Gasteiger partial charge on any atom is 0.263 e. The molecule has 0 aliphatic rings. The third-order valence-electron chi connectivity index (χ3n) is 3.71. The molecule has 0 saturated carbocycles. The van der Waals surface area contributed by atoms with Crippen LogP contribution in [-0.2, 0) is 0 Å². The van der Waals surface area contributed by atoms with Crippen LogP contribution in [0, 0.1) is 24.7 Å². The highest BCUT2D eigenvalue weighted by Gasteiger charge is 2.20. The van der Waals surface area contributed by atoms with E-state index in [0.717, 1.165) is 41.2 Å². The van der Waals surface area contributed by atoms with Crippen LogP contribution in [0.2, 0.25) is 0 Å². The van der Waals surface area contributed by atoms with Gasteiger partial charge in [-0.3, -0.25) is 4.79 Å². The number of carbonyl (C=O) groups excluding carboxylic acids is 1. The molecule has 3 nitrogen and oxygen atoms in total. The number of hydrogen-bond donors (Lipinski definition) is 1. The van der Waals surface area contributed by atoms with Crippen LogP contribution in [0.15, 0.2) is 6.07 Å². The van der Waals surface area contributed by atoms with Gasteiger partial charge in [-0.15, -0.1) is 11.3 Å². The van der Waals surface area contributed by atoms with Gasteiger partial charge in [0.1, 0.15) is 6.61 Å². The van der Waals surface area contributed by atoms with E-state index in [1.54, 1.807) is 0 Å². The van der Waals surface area contributed by atoms with E-state index in [1.807, 2.05) is 24.8 Å². The average Bonchev–Trinajstić information content (AvgIpc) is 2.87. The highest BCUT2D eigenvalue weighted by Crippen LogP contribution is 2.23. The minimum atomic E-state index is -0.156. The first-order valence-electron chi connectivity index (χ1n) is 7.56. The fraction of sp³-hybridized carbons (Fsp3) is 0.588. The van der Waals surface area contributed by atoms with Gasteiger partial charge in [0.05, 0.1) is 9.75 Å². The second-order valence-corrected chi connectivity index (χ2v) is 6.16. The van der Waals surface area contributed by atoms with E-state index in [1.165, 1.54) is 11.3 Å². The summed E-state index contributed by atoms with van der Waals surface area (Å²) < 4.78 is 0. The van der Waals surface area contributed by atoms with Crippen molar-refractivity contribution in [2.45, 2.75) is 40.5 Å². The summed E-state index contributed by atoms with van der Waals surface area (Å²) >= 11 is 1.42. The predicted molar refractivity (Wildman–Crippen MR) is 88.7 cm³/mol. The molecule has 1 aromatic rings. The van der Waals surface area contributed by atoms with Gasteiger partial charge < -0.3 is 10.0 Å². The number of rotatable bonds is 6. The molecule has 0 spiro atoms. The summed E-state index contributed by atoms with van der Waals surface area (Å²) in [4.78, 5) is 16.1. The van der Waals surface area contributed by atoms with Crippen molar-refractivity contribution < 1.29 is 9.90 Å². The quantitative estimate of drug-likeness (QED) is 0.819. The fourth-order valence-electron chi connectivity index (χ4n) is 2.20. The Morgan fingerprint density at radius 2 is 2.05 bits per heavy atom. The van der Waals surface area contributed by atoms with Crippen molar-refractivity contribution in [2.75, 3.05) is 19.7 Å². The van der Waals surface area contributed by atoms with E-state index >= 15 is 0 Å². The number of thiophene rings is 1. The van der Waals surface area contributed by atoms with E-state index in [0.29, 0.717) is 5.92 Å². The Balaban J connectivity index is 2.90. The SMILES string of the molecule is CCC(CC)CN(CC)C(=O)c1cc(C)c(C#CCO)s1. The minimum absolute atomic E-state index is 0.0922. The van der Waals surface area contributed by atoms with E-state index in [9.17, 15) is 4.79 Å². The van der Waals surface area contributed by atoms with Gasteiger partial charge in [0, 0.05) is 13.1 Å². The van der Waals surface area contributed by atoms with Gasteiger partial charge in [-0.1, -0.05) is 38.5 Å². The third-order valence-corrected chi connectivity index (χ3v) is 4.85. The van der Waals surface area contributed by atoms with Crippen LogP contribution in [0.5, 0.6) is 0 Å². The molecular weight excluding hydrogens is 282 g/mol. The zero-order chi connectivity index (χ0) is 15.8. The Morgan fingerprint density at radius 1 is 1.38 bits per heavy atom. The lowest BCUT2D eigenvalue weighted by Crippen LogP contribution is -2.34. The molecule has 1 aromatic heterocycles. The summed E-state index contributed by atoms with van der Waals surface area (Å²) in [6.07, 6.45) is 2.19. The van der Waals surface area contributed by atoms with E-state index in [4.69, 9.17) is 5.11 Å². The maximum atomic E-state index is 12.6. The predicted octanol–water partition coefficient (Wildman–Crippen LogP) is 3.30. The average molecular weight is 307 g/mol. The molecule has 1 heterocycles. The van der Waals surface area contributed by atoms with Crippen LogP contribution < -0.4 is 0 Å². The highest BCUT2D eigenvalue weighted by molar-refractivity contribution is 7.14. The highest BCUT2D eigenvalue weighted by atomic mass is 32.1. The standard InChI is InChI=1S/C17H25NO2S/c1-5-14(6-2)12-18(7-3)17(20)16-11-13(4)15(21-16)9-8-10-19/h11,14,19H,5-7,10,12H2,1-4H3. The van der Waals surface area contributed by atoms with Crippen LogP contribution in [-0.4, -0.2) is 35.6 Å². The van der Waals surface area contributed by atoms with Gasteiger partial charge >= 0.3 is 0 Å². The van der Waals surface area contributed by atoms with Gasteiger partial charge in [0.15, 0.2) is 0 Å². The Hall–Kier alpha value is -1.31. The van der Waals surface area contributed by atoms with Gasteiger partial charge in [0.2, 0.25) is 0 Å². The molecular formula is C17H25NO2S. The molecule has 0 aromatic carbocycles. The van der Waals surface area contributed by atoms with Gasteiger partial charge in [-0.2, -0.15) is 0 Å². The molecule has 0 aliphatic carbocycles. The van der Waals surface area contributed by atoms with Crippen LogP contribution in [0.1, 0.15) is 53.7 Å². The summed E-state index contributed by atoms with van der Waals surface area (Å²) in [6.45, 7) is 9.70. The lowest BCUT2D eigenvalue weighted by molar-refractivity contribution is 0.0740. The second-order valence-electron chi connectivity index (χ2n) is 5.11. The van der Waals surface area contributed by atoms with Crippen molar-refractivity contribution in [3.05, 3.63) is 21.4 Å². The van der Waals surface area contributed by atoms with Crippen molar-refractivity contribution in [2.24, 2.45) is 5.92 Å². The zero-order valence-corrected chi connectivity index (χ0v) is 14.2.